The zero-order valence-corrected chi connectivity index (χ0v) is 10.2. The number of hydrogen-bond acceptors (Lipinski definition) is 0. The molecule has 2 rings (SSSR count). The minimum absolute atomic E-state index is 0.347. The van der Waals surface area contributed by atoms with Crippen molar-refractivity contribution in [3.8, 4) is 0 Å². The van der Waals surface area contributed by atoms with Gasteiger partial charge in [-0.05, 0) is 11.1 Å². The van der Waals surface area contributed by atoms with Crippen molar-refractivity contribution in [3.63, 3.8) is 0 Å². The molecule has 1 atom stereocenters. The molecular formula is C15H15P. The first kappa shape index (κ1) is 11.1. The molecule has 2 aromatic rings. The molecule has 0 saturated carbocycles. The molecule has 0 amide bonds. The first-order valence-electron chi connectivity index (χ1n) is 5.40. The molecule has 0 aliphatic rings. The van der Waals surface area contributed by atoms with Crippen molar-refractivity contribution in [1.82, 2.24) is 0 Å². The van der Waals surface area contributed by atoms with E-state index in [4.69, 9.17) is 0 Å². The average Bonchev–Trinajstić information content (AvgIpc) is 2.38. The van der Waals surface area contributed by atoms with Crippen LogP contribution >= 0.6 is 9.24 Å². The van der Waals surface area contributed by atoms with Gasteiger partial charge in [0.05, 0.1) is 0 Å². The lowest BCUT2D eigenvalue weighted by Gasteiger charge is -2.13. The van der Waals surface area contributed by atoms with Gasteiger partial charge in [-0.2, -0.15) is 0 Å². The third-order valence-electron chi connectivity index (χ3n) is 2.62. The molecule has 0 aliphatic heterocycles. The van der Waals surface area contributed by atoms with Crippen molar-refractivity contribution in [2.75, 3.05) is 0 Å². The largest absolute Gasteiger partial charge is 0.114 e. The molecule has 16 heavy (non-hydrogen) atoms. The fourth-order valence-electron chi connectivity index (χ4n) is 1.85. The third-order valence-corrected chi connectivity index (χ3v) is 2.84. The second-order valence-corrected chi connectivity index (χ2v) is 4.07. The highest BCUT2D eigenvalue weighted by Crippen LogP contribution is 2.26. The molecule has 0 N–H and O–H groups in total. The van der Waals surface area contributed by atoms with Crippen molar-refractivity contribution in [3.05, 3.63) is 83.7 Å². The van der Waals surface area contributed by atoms with E-state index in [-0.39, 0.29) is 0 Å². The van der Waals surface area contributed by atoms with E-state index < -0.39 is 0 Å². The van der Waals surface area contributed by atoms with Crippen LogP contribution in [0.25, 0.3) is 0 Å². The summed E-state index contributed by atoms with van der Waals surface area (Å²) in [6, 6.07) is 21.1. The summed E-state index contributed by atoms with van der Waals surface area (Å²) in [5.41, 5.74) is 2.65. The van der Waals surface area contributed by atoms with Crippen LogP contribution in [-0.2, 0) is 0 Å². The normalized spacial score (nSPS) is 11.1. The molecule has 0 saturated heterocycles. The number of rotatable bonds is 3. The van der Waals surface area contributed by atoms with E-state index in [1.54, 1.807) is 0 Å². The lowest BCUT2D eigenvalue weighted by Crippen LogP contribution is -1.96. The summed E-state index contributed by atoms with van der Waals surface area (Å²) in [4.78, 5) is 0. The van der Waals surface area contributed by atoms with Crippen LogP contribution in [0.4, 0.5) is 0 Å². The molecule has 0 aromatic heterocycles. The molecule has 0 aliphatic carbocycles. The third kappa shape index (κ3) is 2.59. The summed E-state index contributed by atoms with van der Waals surface area (Å²) in [5.74, 6) is 2.38. The first-order chi connectivity index (χ1) is 7.92. The molecule has 0 bridgehead atoms. The lowest BCUT2D eigenvalue weighted by atomic mass is 9.92. The molecule has 0 fully saturated rings. The van der Waals surface area contributed by atoms with Crippen LogP contribution in [0.2, 0.25) is 0 Å². The maximum Gasteiger partial charge on any atom is 0.0272 e. The topological polar surface area (TPSA) is 0 Å². The highest BCUT2D eigenvalue weighted by molar-refractivity contribution is 7.20. The predicted octanol–water partition coefficient (Wildman–Crippen LogP) is 4.21. The molecular weight excluding hydrogens is 211 g/mol. The standard InChI is InChI=1S/C15H15P/c16-12-11-15(13-7-3-1-4-8-13)14-9-5-2-6-10-14/h1-12,15H,16H2. The highest BCUT2D eigenvalue weighted by Gasteiger charge is 2.08. The number of hydrogen-bond donors (Lipinski definition) is 0. The van der Waals surface area contributed by atoms with Crippen LogP contribution in [0.5, 0.6) is 0 Å². The monoisotopic (exact) mass is 226 g/mol. The van der Waals surface area contributed by atoms with Gasteiger partial charge < -0.3 is 0 Å². The van der Waals surface area contributed by atoms with Crippen molar-refractivity contribution in [2.24, 2.45) is 0 Å². The van der Waals surface area contributed by atoms with Gasteiger partial charge in [-0.3, -0.25) is 0 Å². The summed E-state index contributed by atoms with van der Waals surface area (Å²) in [6.07, 6.45) is 2.20. The molecule has 1 unspecified atom stereocenters. The Morgan fingerprint density at radius 1 is 0.750 bits per heavy atom. The van der Waals surface area contributed by atoms with E-state index >= 15 is 0 Å². The quantitative estimate of drug-likeness (QED) is 0.688. The van der Waals surface area contributed by atoms with E-state index in [0.717, 1.165) is 0 Å². The predicted molar refractivity (Wildman–Crippen MR) is 73.6 cm³/mol. The van der Waals surface area contributed by atoms with Crippen molar-refractivity contribution < 1.29 is 0 Å². The Morgan fingerprint density at radius 3 is 1.56 bits per heavy atom. The van der Waals surface area contributed by atoms with Gasteiger partial charge in [-0.15, -0.1) is 9.24 Å². The molecule has 0 spiro atoms. The summed E-state index contributed by atoms with van der Waals surface area (Å²) >= 11 is 0. The Bertz CT molecular complexity index is 406. The maximum absolute atomic E-state index is 2.64. The summed E-state index contributed by atoms with van der Waals surface area (Å²) in [5, 5.41) is 0. The Morgan fingerprint density at radius 2 is 1.19 bits per heavy atom. The number of benzene rings is 2. The van der Waals surface area contributed by atoms with Crippen molar-refractivity contribution in [2.45, 2.75) is 5.92 Å². The van der Waals surface area contributed by atoms with Gasteiger partial charge in [0.2, 0.25) is 0 Å². The average molecular weight is 226 g/mol. The van der Waals surface area contributed by atoms with Gasteiger partial charge in [-0.1, -0.05) is 72.6 Å². The van der Waals surface area contributed by atoms with Crippen LogP contribution in [-0.4, -0.2) is 0 Å². The molecule has 80 valence electrons. The summed E-state index contributed by atoms with van der Waals surface area (Å²) in [7, 11) is 2.64. The highest BCUT2D eigenvalue weighted by atomic mass is 31.0. The number of allylic oxidation sites excluding steroid dienone is 1. The van der Waals surface area contributed by atoms with E-state index in [9.17, 15) is 0 Å². The van der Waals surface area contributed by atoms with E-state index in [1.165, 1.54) is 11.1 Å². The van der Waals surface area contributed by atoms with Gasteiger partial charge >= 0.3 is 0 Å². The van der Waals surface area contributed by atoms with Crippen LogP contribution in [0.3, 0.4) is 0 Å². The smallest absolute Gasteiger partial charge is 0.0272 e. The minimum Gasteiger partial charge on any atom is -0.114 e. The van der Waals surface area contributed by atoms with Gasteiger partial charge in [0.25, 0.3) is 0 Å². The van der Waals surface area contributed by atoms with Crippen molar-refractivity contribution in [1.29, 1.82) is 0 Å². The van der Waals surface area contributed by atoms with E-state index in [0.29, 0.717) is 5.92 Å². The maximum atomic E-state index is 2.64. The zero-order chi connectivity index (χ0) is 11.2. The Balaban J connectivity index is 2.39. The zero-order valence-electron chi connectivity index (χ0n) is 9.08. The second kappa shape index (κ2) is 5.63. The van der Waals surface area contributed by atoms with Gasteiger partial charge in [0.15, 0.2) is 0 Å². The van der Waals surface area contributed by atoms with Crippen LogP contribution in [0, 0.1) is 0 Å². The molecule has 0 radical (unpaired) electrons. The summed E-state index contributed by atoms with van der Waals surface area (Å²) < 4.78 is 0. The molecule has 0 nitrogen and oxygen atoms in total. The molecule has 1 heteroatoms. The van der Waals surface area contributed by atoms with Gasteiger partial charge in [0, 0.05) is 5.92 Å². The Hall–Kier alpha value is -1.39. The van der Waals surface area contributed by atoms with Crippen LogP contribution in [0.1, 0.15) is 17.0 Å². The van der Waals surface area contributed by atoms with Crippen LogP contribution in [0.15, 0.2) is 72.6 Å². The molecule has 0 heterocycles. The fourth-order valence-corrected chi connectivity index (χ4v) is 2.07. The van der Waals surface area contributed by atoms with Gasteiger partial charge in [-0.25, -0.2) is 0 Å². The van der Waals surface area contributed by atoms with Crippen LogP contribution < -0.4 is 0 Å². The first-order valence-corrected chi connectivity index (χ1v) is 6.07. The minimum atomic E-state index is 0.347. The lowest BCUT2D eigenvalue weighted by molar-refractivity contribution is 1.03. The van der Waals surface area contributed by atoms with E-state index in [1.807, 2.05) is 5.82 Å². The van der Waals surface area contributed by atoms with Gasteiger partial charge in [0.1, 0.15) is 0 Å². The summed E-state index contributed by atoms with van der Waals surface area (Å²) in [6.45, 7) is 0. The Kier molecular flexibility index (Phi) is 3.91. The van der Waals surface area contributed by atoms with Crippen molar-refractivity contribution >= 4 is 9.24 Å². The second-order valence-electron chi connectivity index (χ2n) is 3.68. The fraction of sp³-hybridized carbons (Fsp3) is 0.0667. The molecule has 2 aromatic carbocycles. The SMILES string of the molecule is PC=CC(c1ccccc1)c1ccccc1. The van der Waals surface area contributed by atoms with E-state index in [2.05, 4.69) is 76.0 Å². The Labute approximate surface area is 99.2 Å².